The average Bonchev–Trinajstić information content (AvgIpc) is 3.33. The van der Waals surface area contributed by atoms with Crippen LogP contribution < -0.4 is 0 Å². The molecule has 0 saturated carbocycles. The van der Waals surface area contributed by atoms with Gasteiger partial charge in [-0.15, -0.1) is 0 Å². The van der Waals surface area contributed by atoms with Gasteiger partial charge in [0.05, 0.1) is 38.1 Å². The Morgan fingerprint density at radius 1 is 0.614 bits per heavy atom. The van der Waals surface area contributed by atoms with E-state index in [4.69, 9.17) is 47.4 Å². The largest absolute Gasteiger partial charge is 0.394 e. The number of rotatable bonds is 10. The highest BCUT2D eigenvalue weighted by Crippen LogP contribution is 2.37. The van der Waals surface area contributed by atoms with E-state index in [0.717, 1.165) is 0 Å². The maximum absolute atomic E-state index is 11.1. The van der Waals surface area contributed by atoms with Crippen molar-refractivity contribution in [1.82, 2.24) is 0 Å². The van der Waals surface area contributed by atoms with E-state index < -0.39 is 123 Å². The third-order valence-corrected chi connectivity index (χ3v) is 8.76. The summed E-state index contributed by atoms with van der Waals surface area (Å²) in [5.74, 6) is 0. The van der Waals surface area contributed by atoms with E-state index in [9.17, 15) is 40.9 Å². The number of methoxy groups -OCH3 is 2. The topological polar surface area (TPSA) is 254 Å². The lowest BCUT2D eigenvalue weighted by Crippen LogP contribution is -2.66. The van der Waals surface area contributed by atoms with Gasteiger partial charge in [-0.2, -0.15) is 0 Å². The number of aliphatic hydroxyl groups is 8. The molecule has 19 atom stereocenters. The van der Waals surface area contributed by atoms with Crippen LogP contribution in [0.25, 0.3) is 0 Å². The lowest BCUT2D eigenvalue weighted by Gasteiger charge is -2.47. The predicted molar refractivity (Wildman–Crippen MR) is 137 cm³/mol. The second-order valence-corrected chi connectivity index (χ2v) is 11.6. The Hall–Kier alpha value is -0.720. The first kappa shape index (κ1) is 34.6. The number of hydrogen-bond donors (Lipinski definition) is 8. The molecule has 18 heteroatoms. The molecule has 44 heavy (non-hydrogen) atoms. The van der Waals surface area contributed by atoms with Gasteiger partial charge in [0.1, 0.15) is 73.2 Å². The van der Waals surface area contributed by atoms with Gasteiger partial charge in [-0.3, -0.25) is 0 Å². The molecular formula is C26H44O18. The minimum Gasteiger partial charge on any atom is -0.394 e. The molecule has 5 heterocycles. The van der Waals surface area contributed by atoms with E-state index in [1.54, 1.807) is 6.92 Å². The van der Waals surface area contributed by atoms with Gasteiger partial charge in [0.25, 0.3) is 0 Å². The van der Waals surface area contributed by atoms with Crippen LogP contribution in [0.1, 0.15) is 13.3 Å². The summed E-state index contributed by atoms with van der Waals surface area (Å²) in [7, 11) is 2.70. The second kappa shape index (κ2) is 14.6. The van der Waals surface area contributed by atoms with Gasteiger partial charge in [-0.05, 0) is 6.92 Å². The van der Waals surface area contributed by atoms with Crippen molar-refractivity contribution in [2.24, 2.45) is 0 Å². The van der Waals surface area contributed by atoms with Crippen molar-refractivity contribution in [2.75, 3.05) is 34.0 Å². The van der Waals surface area contributed by atoms with E-state index >= 15 is 0 Å². The first-order valence-electron chi connectivity index (χ1n) is 14.6. The fourth-order valence-electron chi connectivity index (χ4n) is 6.25. The average molecular weight is 645 g/mol. The molecule has 0 aromatic rings. The third-order valence-electron chi connectivity index (χ3n) is 8.76. The zero-order valence-corrected chi connectivity index (χ0v) is 24.5. The molecule has 18 nitrogen and oxygen atoms in total. The molecule has 0 aromatic heterocycles. The number of hydrogen-bond acceptors (Lipinski definition) is 18. The quantitative estimate of drug-likeness (QED) is 0.110. The minimum absolute atomic E-state index is 0.0294. The van der Waals surface area contributed by atoms with Crippen LogP contribution in [-0.4, -0.2) is 192 Å². The number of fused-ring (bicyclic) bond motifs is 2. The van der Waals surface area contributed by atoms with Crippen molar-refractivity contribution in [3.63, 3.8) is 0 Å². The monoisotopic (exact) mass is 644 g/mol. The van der Waals surface area contributed by atoms with Gasteiger partial charge < -0.3 is 88.2 Å². The Bertz CT molecular complexity index is 916. The first-order valence-corrected chi connectivity index (χ1v) is 14.6. The van der Waals surface area contributed by atoms with Gasteiger partial charge in [0.15, 0.2) is 25.2 Å². The van der Waals surface area contributed by atoms with Crippen LogP contribution in [0.2, 0.25) is 0 Å². The maximum Gasteiger partial charge on any atom is 0.187 e. The summed E-state index contributed by atoms with van der Waals surface area (Å²) in [6, 6.07) is 0. The molecule has 0 amide bonds. The standard InChI is InChI=1S/C26H44O18/c1-8-19(15(31)16(32)23(36-3)38-8)42-25-17(33)21(13(29)11(6-28)40-25)44-26-18(34)22-20(12(41-26)7-37-22)43-24-14(30)10(35-2)4-9(5-27)39-24/h8-34H,4-7H2,1-3H3/t8?,9?,10?,11?,12?,13?,14?,15-,16?,17?,18?,19?,20?,21?,22?,23?,24?,25?,26?/m1/s1. The van der Waals surface area contributed by atoms with Crippen molar-refractivity contribution in [2.45, 2.75) is 130 Å². The summed E-state index contributed by atoms with van der Waals surface area (Å²) >= 11 is 0. The number of ether oxygens (including phenoxy) is 10. The Balaban J connectivity index is 1.25. The second-order valence-electron chi connectivity index (χ2n) is 11.6. The Morgan fingerprint density at radius 2 is 1.27 bits per heavy atom. The summed E-state index contributed by atoms with van der Waals surface area (Å²) in [5, 5.41) is 84.2. The molecule has 2 bridgehead atoms. The Kier molecular flexibility index (Phi) is 11.5. The fourth-order valence-corrected chi connectivity index (χ4v) is 6.25. The van der Waals surface area contributed by atoms with Crippen LogP contribution in [0.5, 0.6) is 0 Å². The van der Waals surface area contributed by atoms with Crippen LogP contribution >= 0.6 is 0 Å². The summed E-state index contributed by atoms with van der Waals surface area (Å²) in [4.78, 5) is 0. The summed E-state index contributed by atoms with van der Waals surface area (Å²) < 4.78 is 56.2. The van der Waals surface area contributed by atoms with Crippen molar-refractivity contribution >= 4 is 0 Å². The molecule has 256 valence electrons. The Morgan fingerprint density at radius 3 is 1.93 bits per heavy atom. The number of aliphatic hydroxyl groups excluding tert-OH is 8. The van der Waals surface area contributed by atoms with Crippen LogP contribution in [0, 0.1) is 0 Å². The molecule has 5 saturated heterocycles. The molecule has 5 fully saturated rings. The maximum atomic E-state index is 11.1. The minimum atomic E-state index is -1.74. The summed E-state index contributed by atoms with van der Waals surface area (Å²) in [6.07, 6.45) is -23.2. The molecular weight excluding hydrogens is 600 g/mol. The zero-order valence-electron chi connectivity index (χ0n) is 24.5. The predicted octanol–water partition coefficient (Wildman–Crippen LogP) is -5.34. The van der Waals surface area contributed by atoms with Crippen LogP contribution in [0.3, 0.4) is 0 Å². The van der Waals surface area contributed by atoms with E-state index in [1.807, 2.05) is 0 Å². The van der Waals surface area contributed by atoms with Crippen molar-refractivity contribution in [3.8, 4) is 0 Å². The normalized spacial score (nSPS) is 53.1. The fraction of sp³-hybridized carbons (Fsp3) is 1.00. The SMILES string of the molecule is COC1CC(CO)OC(OC2C3COC2C(O)C(OC2C(O)C(CO)OC(OC4C(C)OC(OC)C(O)[C@H]4O)C2O)O3)C1O. The first-order chi connectivity index (χ1) is 21.0. The van der Waals surface area contributed by atoms with Gasteiger partial charge in [-0.25, -0.2) is 0 Å². The molecule has 0 spiro atoms. The van der Waals surface area contributed by atoms with Crippen molar-refractivity contribution in [3.05, 3.63) is 0 Å². The lowest BCUT2D eigenvalue weighted by molar-refractivity contribution is -0.376. The van der Waals surface area contributed by atoms with Gasteiger partial charge in [0.2, 0.25) is 0 Å². The summed E-state index contributed by atoms with van der Waals surface area (Å²) in [6.45, 7) is 0.480. The third kappa shape index (κ3) is 6.66. The van der Waals surface area contributed by atoms with E-state index in [2.05, 4.69) is 0 Å². The molecule has 8 N–H and O–H groups in total. The molecule has 0 aliphatic carbocycles. The smallest absolute Gasteiger partial charge is 0.187 e. The molecule has 0 radical (unpaired) electrons. The molecule has 5 aliphatic heterocycles. The van der Waals surface area contributed by atoms with Crippen LogP contribution in [0.4, 0.5) is 0 Å². The molecule has 0 aromatic carbocycles. The van der Waals surface area contributed by atoms with E-state index in [-0.39, 0.29) is 19.6 Å². The highest BCUT2D eigenvalue weighted by atomic mass is 16.8. The highest BCUT2D eigenvalue weighted by Gasteiger charge is 2.57. The van der Waals surface area contributed by atoms with Crippen LogP contribution in [-0.2, 0) is 47.4 Å². The lowest BCUT2D eigenvalue weighted by atomic mass is 9.96. The van der Waals surface area contributed by atoms with Crippen molar-refractivity contribution < 1.29 is 88.2 Å². The Labute approximate surface area is 252 Å². The zero-order chi connectivity index (χ0) is 31.9. The van der Waals surface area contributed by atoms with Crippen molar-refractivity contribution in [1.29, 1.82) is 0 Å². The highest BCUT2D eigenvalue weighted by molar-refractivity contribution is 5.00. The summed E-state index contributed by atoms with van der Waals surface area (Å²) in [5.41, 5.74) is 0. The molecule has 5 rings (SSSR count). The van der Waals surface area contributed by atoms with Gasteiger partial charge in [-0.1, -0.05) is 0 Å². The molecule has 18 unspecified atom stereocenters. The van der Waals surface area contributed by atoms with Crippen LogP contribution in [0.15, 0.2) is 0 Å². The van der Waals surface area contributed by atoms with E-state index in [0.29, 0.717) is 0 Å². The van der Waals surface area contributed by atoms with Gasteiger partial charge >= 0.3 is 0 Å². The molecule has 5 aliphatic rings. The van der Waals surface area contributed by atoms with Gasteiger partial charge in [0, 0.05) is 20.6 Å². The van der Waals surface area contributed by atoms with E-state index in [1.165, 1.54) is 14.2 Å².